The molecule has 0 bridgehead atoms. The molecule has 0 aliphatic rings. The van der Waals surface area contributed by atoms with E-state index >= 15 is 0 Å². The molecule has 2 aromatic rings. The highest BCUT2D eigenvalue weighted by Crippen LogP contribution is 2.30. The standard InChI is InChI=1S/C21H23N3O4S/c1-6-28-21(26)16-10-15(11-22)20(23-13(16)3)29-14(4)19(25)24-17-9-12(2)7-8-18(17)27-5/h7-10,14H,6H2,1-5H3,(H,24,25)/t14-/m1/s1. The lowest BCUT2D eigenvalue weighted by molar-refractivity contribution is -0.115. The van der Waals surface area contributed by atoms with E-state index in [1.807, 2.05) is 25.1 Å². The third kappa shape index (κ3) is 5.48. The zero-order valence-electron chi connectivity index (χ0n) is 17.0. The monoisotopic (exact) mass is 413 g/mol. The molecule has 0 radical (unpaired) electrons. The Labute approximate surface area is 174 Å². The third-order valence-corrected chi connectivity index (χ3v) is 5.17. The van der Waals surface area contributed by atoms with Crippen LogP contribution in [0, 0.1) is 25.2 Å². The molecule has 152 valence electrons. The molecule has 0 aliphatic heterocycles. The fourth-order valence-electron chi connectivity index (χ4n) is 2.54. The van der Waals surface area contributed by atoms with E-state index in [0.717, 1.165) is 17.3 Å². The Bertz CT molecular complexity index is 969. The van der Waals surface area contributed by atoms with Crippen LogP contribution in [0.5, 0.6) is 5.75 Å². The van der Waals surface area contributed by atoms with Gasteiger partial charge in [0.25, 0.3) is 0 Å². The molecule has 1 aromatic carbocycles. The summed E-state index contributed by atoms with van der Waals surface area (Å²) >= 11 is 1.15. The summed E-state index contributed by atoms with van der Waals surface area (Å²) < 4.78 is 10.3. The first-order valence-corrected chi connectivity index (χ1v) is 9.89. The molecule has 0 saturated carbocycles. The second kappa shape index (κ2) is 9.94. The second-order valence-electron chi connectivity index (χ2n) is 6.26. The second-order valence-corrected chi connectivity index (χ2v) is 7.59. The maximum atomic E-state index is 12.7. The van der Waals surface area contributed by atoms with Crippen LogP contribution in [0.2, 0.25) is 0 Å². The first kappa shape index (κ1) is 22.2. The molecule has 1 heterocycles. The van der Waals surface area contributed by atoms with E-state index in [9.17, 15) is 14.9 Å². The third-order valence-electron chi connectivity index (χ3n) is 4.06. The first-order valence-electron chi connectivity index (χ1n) is 9.01. The number of nitrogens with zero attached hydrogens (tertiary/aromatic N) is 2. The summed E-state index contributed by atoms with van der Waals surface area (Å²) in [6.45, 7) is 7.25. The first-order chi connectivity index (χ1) is 13.8. The van der Waals surface area contributed by atoms with Crippen LogP contribution in [0.4, 0.5) is 5.69 Å². The van der Waals surface area contributed by atoms with E-state index in [1.54, 1.807) is 26.8 Å². The zero-order valence-corrected chi connectivity index (χ0v) is 17.8. The van der Waals surface area contributed by atoms with E-state index in [2.05, 4.69) is 10.3 Å². The molecule has 2 rings (SSSR count). The molecular formula is C21H23N3O4S. The SMILES string of the molecule is CCOC(=O)c1cc(C#N)c(S[C@H](C)C(=O)Nc2cc(C)ccc2OC)nc1C. The summed E-state index contributed by atoms with van der Waals surface area (Å²) in [4.78, 5) is 29.0. The predicted octanol–water partition coefficient (Wildman–Crippen LogP) is 3.87. The highest BCUT2D eigenvalue weighted by Gasteiger charge is 2.21. The van der Waals surface area contributed by atoms with Gasteiger partial charge in [0, 0.05) is 0 Å². The minimum Gasteiger partial charge on any atom is -0.495 e. The number of thioether (sulfide) groups is 1. The fraction of sp³-hybridized carbons (Fsp3) is 0.333. The number of rotatable bonds is 7. The number of nitriles is 1. The van der Waals surface area contributed by atoms with Crippen molar-refractivity contribution in [2.45, 2.75) is 38.0 Å². The van der Waals surface area contributed by atoms with Gasteiger partial charge in [-0.1, -0.05) is 17.8 Å². The maximum Gasteiger partial charge on any atom is 0.340 e. The number of anilines is 1. The molecule has 1 atom stereocenters. The summed E-state index contributed by atoms with van der Waals surface area (Å²) in [5, 5.41) is 12.2. The minimum absolute atomic E-state index is 0.219. The number of esters is 1. The lowest BCUT2D eigenvalue weighted by atomic mass is 10.1. The number of hydrogen-bond acceptors (Lipinski definition) is 7. The molecule has 0 spiro atoms. The van der Waals surface area contributed by atoms with Gasteiger partial charge in [-0.05, 0) is 51.5 Å². The molecule has 1 N–H and O–H groups in total. The quantitative estimate of drug-likeness (QED) is 0.543. The van der Waals surface area contributed by atoms with Crippen molar-refractivity contribution >= 4 is 29.3 Å². The minimum atomic E-state index is -0.535. The molecule has 1 aromatic heterocycles. The smallest absolute Gasteiger partial charge is 0.340 e. The molecule has 1 amide bonds. The van der Waals surface area contributed by atoms with Gasteiger partial charge in [0.2, 0.25) is 5.91 Å². The van der Waals surface area contributed by atoms with Crippen molar-refractivity contribution < 1.29 is 19.1 Å². The van der Waals surface area contributed by atoms with Gasteiger partial charge in [0.1, 0.15) is 16.8 Å². The average molecular weight is 413 g/mol. The molecule has 29 heavy (non-hydrogen) atoms. The van der Waals surface area contributed by atoms with Crippen molar-refractivity contribution in [3.63, 3.8) is 0 Å². The van der Waals surface area contributed by atoms with Gasteiger partial charge in [0.05, 0.1) is 41.5 Å². The van der Waals surface area contributed by atoms with Gasteiger partial charge in [0.15, 0.2) is 0 Å². The Morgan fingerprint density at radius 3 is 2.66 bits per heavy atom. The van der Waals surface area contributed by atoms with Crippen LogP contribution in [0.15, 0.2) is 29.3 Å². The number of nitrogens with one attached hydrogen (secondary N) is 1. The van der Waals surface area contributed by atoms with Crippen molar-refractivity contribution in [3.8, 4) is 11.8 Å². The highest BCUT2D eigenvalue weighted by atomic mass is 32.2. The summed E-state index contributed by atoms with van der Waals surface area (Å²) in [5.74, 6) is -0.216. The Morgan fingerprint density at radius 2 is 2.03 bits per heavy atom. The van der Waals surface area contributed by atoms with Gasteiger partial charge < -0.3 is 14.8 Å². The van der Waals surface area contributed by atoms with Crippen molar-refractivity contribution in [2.75, 3.05) is 19.0 Å². The summed E-state index contributed by atoms with van der Waals surface area (Å²) in [5.41, 5.74) is 2.47. The van der Waals surface area contributed by atoms with Crippen LogP contribution in [0.25, 0.3) is 0 Å². The Kier molecular flexibility index (Phi) is 7.62. The van der Waals surface area contributed by atoms with Crippen molar-refractivity contribution in [2.24, 2.45) is 0 Å². The number of pyridine rings is 1. The molecular weight excluding hydrogens is 390 g/mol. The van der Waals surface area contributed by atoms with Gasteiger partial charge >= 0.3 is 5.97 Å². The predicted molar refractivity (Wildman–Crippen MR) is 111 cm³/mol. The number of amides is 1. The number of hydrogen-bond donors (Lipinski definition) is 1. The molecule has 0 fully saturated rings. The number of benzene rings is 1. The van der Waals surface area contributed by atoms with Gasteiger partial charge in [-0.25, -0.2) is 9.78 Å². The fourth-order valence-corrected chi connectivity index (χ4v) is 3.47. The topological polar surface area (TPSA) is 101 Å². The number of aromatic nitrogens is 1. The summed E-state index contributed by atoms with van der Waals surface area (Å²) in [7, 11) is 1.54. The molecule has 0 aliphatic carbocycles. The van der Waals surface area contributed by atoms with Gasteiger partial charge in [-0.3, -0.25) is 4.79 Å². The molecule has 0 saturated heterocycles. The lowest BCUT2D eigenvalue weighted by Crippen LogP contribution is -2.23. The largest absolute Gasteiger partial charge is 0.495 e. The molecule has 8 heteroatoms. The van der Waals surface area contributed by atoms with Gasteiger partial charge in [-0.15, -0.1) is 0 Å². The van der Waals surface area contributed by atoms with Crippen LogP contribution in [-0.2, 0) is 9.53 Å². The van der Waals surface area contributed by atoms with Crippen molar-refractivity contribution in [1.82, 2.24) is 4.98 Å². The lowest BCUT2D eigenvalue weighted by Gasteiger charge is -2.15. The number of carbonyl (C=O) groups excluding carboxylic acids is 2. The zero-order chi connectivity index (χ0) is 21.6. The van der Waals surface area contributed by atoms with Crippen LogP contribution in [0.1, 0.15) is 41.0 Å². The van der Waals surface area contributed by atoms with Crippen molar-refractivity contribution in [1.29, 1.82) is 5.26 Å². The highest BCUT2D eigenvalue weighted by molar-refractivity contribution is 8.00. The number of aryl methyl sites for hydroxylation is 2. The Balaban J connectivity index is 2.22. The maximum absolute atomic E-state index is 12.7. The summed E-state index contributed by atoms with van der Waals surface area (Å²) in [6, 6.07) is 9.00. The Morgan fingerprint density at radius 1 is 1.31 bits per heavy atom. The number of carbonyl (C=O) groups is 2. The van der Waals surface area contributed by atoms with Crippen molar-refractivity contribution in [3.05, 3.63) is 46.6 Å². The van der Waals surface area contributed by atoms with Crippen LogP contribution in [-0.4, -0.2) is 35.8 Å². The number of ether oxygens (including phenoxy) is 2. The van der Waals surface area contributed by atoms with E-state index < -0.39 is 11.2 Å². The van der Waals surface area contributed by atoms with E-state index in [-0.39, 0.29) is 23.6 Å². The normalized spacial score (nSPS) is 11.3. The van der Waals surface area contributed by atoms with Gasteiger partial charge in [-0.2, -0.15) is 5.26 Å². The van der Waals surface area contributed by atoms with Crippen LogP contribution in [0.3, 0.4) is 0 Å². The van der Waals surface area contributed by atoms with Crippen LogP contribution < -0.4 is 10.1 Å². The molecule has 0 unspecified atom stereocenters. The van der Waals surface area contributed by atoms with E-state index in [0.29, 0.717) is 22.2 Å². The Hall–Kier alpha value is -3.05. The van der Waals surface area contributed by atoms with E-state index in [4.69, 9.17) is 9.47 Å². The average Bonchev–Trinajstić information content (AvgIpc) is 2.68. The van der Waals surface area contributed by atoms with Crippen LogP contribution >= 0.6 is 11.8 Å². The number of methoxy groups -OCH3 is 1. The van der Waals surface area contributed by atoms with E-state index in [1.165, 1.54) is 13.2 Å². The molecule has 7 nitrogen and oxygen atoms in total. The summed E-state index contributed by atoms with van der Waals surface area (Å²) in [6.07, 6.45) is 0.